The molecule has 2 rings (SSSR count). The summed E-state index contributed by atoms with van der Waals surface area (Å²) >= 11 is 0. The van der Waals surface area contributed by atoms with Crippen LogP contribution in [0.3, 0.4) is 0 Å². The van der Waals surface area contributed by atoms with E-state index in [2.05, 4.69) is 5.32 Å². The van der Waals surface area contributed by atoms with Gasteiger partial charge in [-0.1, -0.05) is 6.07 Å². The summed E-state index contributed by atoms with van der Waals surface area (Å²) in [5.41, 5.74) is 0.817. The van der Waals surface area contributed by atoms with Crippen molar-refractivity contribution in [3.63, 3.8) is 0 Å². The zero-order chi connectivity index (χ0) is 17.5. The molecule has 0 aliphatic carbocycles. The lowest BCUT2D eigenvalue weighted by Gasteiger charge is -2.15. The van der Waals surface area contributed by atoms with Crippen molar-refractivity contribution in [2.75, 3.05) is 11.9 Å². The first-order valence-electron chi connectivity index (χ1n) is 7.50. The molecule has 0 radical (unpaired) electrons. The molecule has 0 aromatic heterocycles. The molecule has 0 fully saturated rings. The Balaban J connectivity index is 1.99. The Hall–Kier alpha value is -2.89. The highest BCUT2D eigenvalue weighted by molar-refractivity contribution is 5.94. The Kier molecular flexibility index (Phi) is 5.89. The third-order valence-electron chi connectivity index (χ3n) is 3.14. The van der Waals surface area contributed by atoms with Gasteiger partial charge >= 0.3 is 5.97 Å². The monoisotopic (exact) mass is 331 g/mol. The van der Waals surface area contributed by atoms with E-state index in [9.17, 15) is 14.0 Å². The number of nitrogens with one attached hydrogen (secondary N) is 1. The molecule has 1 amide bonds. The molecular formula is C18H18FNO4. The van der Waals surface area contributed by atoms with Crippen LogP contribution in [0.1, 0.15) is 24.2 Å². The van der Waals surface area contributed by atoms with Crippen molar-refractivity contribution in [2.24, 2.45) is 0 Å². The molecule has 1 atom stereocenters. The zero-order valence-electron chi connectivity index (χ0n) is 13.4. The number of halogens is 1. The average Bonchev–Trinajstić information content (AvgIpc) is 2.57. The van der Waals surface area contributed by atoms with Crippen molar-refractivity contribution < 1.29 is 23.5 Å². The van der Waals surface area contributed by atoms with Crippen molar-refractivity contribution in [3.8, 4) is 5.75 Å². The first-order chi connectivity index (χ1) is 11.5. The summed E-state index contributed by atoms with van der Waals surface area (Å²) in [4.78, 5) is 23.8. The molecule has 126 valence electrons. The number of amides is 1. The third-order valence-corrected chi connectivity index (χ3v) is 3.14. The van der Waals surface area contributed by atoms with Crippen LogP contribution in [0.4, 0.5) is 10.1 Å². The number of esters is 1. The number of hydrogen-bond donors (Lipinski definition) is 1. The fraction of sp³-hybridized carbons (Fsp3) is 0.222. The first kappa shape index (κ1) is 17.5. The van der Waals surface area contributed by atoms with Crippen molar-refractivity contribution in [3.05, 3.63) is 59.9 Å². The second-order valence-corrected chi connectivity index (χ2v) is 5.00. The molecule has 6 heteroatoms. The Morgan fingerprint density at radius 1 is 1.17 bits per heavy atom. The van der Waals surface area contributed by atoms with E-state index in [1.807, 2.05) is 0 Å². The van der Waals surface area contributed by atoms with Gasteiger partial charge in [0, 0.05) is 5.69 Å². The molecule has 0 aliphatic rings. The minimum absolute atomic E-state index is 0.278. The number of anilines is 1. The van der Waals surface area contributed by atoms with E-state index < -0.39 is 12.1 Å². The molecule has 0 heterocycles. The molecule has 0 saturated heterocycles. The van der Waals surface area contributed by atoms with E-state index in [4.69, 9.17) is 9.47 Å². The molecule has 5 nitrogen and oxygen atoms in total. The van der Waals surface area contributed by atoms with Crippen molar-refractivity contribution in [2.45, 2.75) is 20.0 Å². The fourth-order valence-electron chi connectivity index (χ4n) is 1.95. The standard InChI is InChI=1S/C18H18FNO4/c1-3-23-18(22)13-5-4-6-16(11-13)24-12(2)17(21)20-15-9-7-14(19)8-10-15/h4-12H,3H2,1-2H3,(H,20,21)/t12-/m1/s1. The minimum Gasteiger partial charge on any atom is -0.481 e. The van der Waals surface area contributed by atoms with E-state index in [-0.39, 0.29) is 18.3 Å². The summed E-state index contributed by atoms with van der Waals surface area (Å²) in [7, 11) is 0. The Morgan fingerprint density at radius 3 is 2.54 bits per heavy atom. The van der Waals surface area contributed by atoms with Crippen LogP contribution in [0.2, 0.25) is 0 Å². The molecule has 0 unspecified atom stereocenters. The third kappa shape index (κ3) is 4.81. The van der Waals surface area contributed by atoms with Crippen LogP contribution in [0.5, 0.6) is 5.75 Å². The van der Waals surface area contributed by atoms with E-state index in [1.54, 1.807) is 32.0 Å². The van der Waals surface area contributed by atoms with Gasteiger partial charge in [0.2, 0.25) is 0 Å². The lowest BCUT2D eigenvalue weighted by molar-refractivity contribution is -0.122. The van der Waals surface area contributed by atoms with Crippen LogP contribution < -0.4 is 10.1 Å². The smallest absolute Gasteiger partial charge is 0.338 e. The van der Waals surface area contributed by atoms with E-state index in [1.165, 1.54) is 30.3 Å². The number of rotatable bonds is 6. The molecule has 24 heavy (non-hydrogen) atoms. The average molecular weight is 331 g/mol. The fourth-order valence-corrected chi connectivity index (χ4v) is 1.95. The zero-order valence-corrected chi connectivity index (χ0v) is 13.4. The van der Waals surface area contributed by atoms with Gasteiger partial charge in [0.15, 0.2) is 6.10 Å². The second-order valence-electron chi connectivity index (χ2n) is 5.00. The molecule has 0 spiro atoms. The Labute approximate surface area is 139 Å². The quantitative estimate of drug-likeness (QED) is 0.824. The van der Waals surface area contributed by atoms with Crippen molar-refractivity contribution >= 4 is 17.6 Å². The molecule has 2 aromatic carbocycles. The maximum Gasteiger partial charge on any atom is 0.338 e. The summed E-state index contributed by atoms with van der Waals surface area (Å²) in [5.74, 6) is -0.843. The second kappa shape index (κ2) is 8.10. The van der Waals surface area contributed by atoms with Crippen LogP contribution in [0, 0.1) is 5.82 Å². The number of carbonyl (C=O) groups excluding carboxylic acids is 2. The Bertz CT molecular complexity index is 715. The normalized spacial score (nSPS) is 11.5. The van der Waals surface area contributed by atoms with E-state index in [0.29, 0.717) is 17.0 Å². The summed E-state index contributed by atoms with van der Waals surface area (Å²) in [5, 5.41) is 2.62. The molecular weight excluding hydrogens is 313 g/mol. The van der Waals surface area contributed by atoms with Gasteiger partial charge in [-0.05, 0) is 56.3 Å². The molecule has 2 aromatic rings. The number of ether oxygens (including phenoxy) is 2. The highest BCUT2D eigenvalue weighted by atomic mass is 19.1. The molecule has 0 saturated carbocycles. The van der Waals surface area contributed by atoms with Gasteiger partial charge in [0.05, 0.1) is 12.2 Å². The summed E-state index contributed by atoms with van der Waals surface area (Å²) in [6.45, 7) is 3.58. The number of benzene rings is 2. The van der Waals surface area contributed by atoms with Crippen molar-refractivity contribution in [1.29, 1.82) is 0 Å². The van der Waals surface area contributed by atoms with Gasteiger partial charge in [-0.3, -0.25) is 4.79 Å². The van der Waals surface area contributed by atoms with Crippen LogP contribution in [0.15, 0.2) is 48.5 Å². The number of carbonyl (C=O) groups is 2. The van der Waals surface area contributed by atoms with Crippen LogP contribution in [-0.2, 0) is 9.53 Å². The molecule has 0 aliphatic heterocycles. The summed E-state index contributed by atoms with van der Waals surface area (Å²) in [6.07, 6.45) is -0.799. The maximum atomic E-state index is 12.9. The lowest BCUT2D eigenvalue weighted by atomic mass is 10.2. The predicted molar refractivity (Wildman–Crippen MR) is 87.5 cm³/mol. The SMILES string of the molecule is CCOC(=O)c1cccc(O[C@H](C)C(=O)Nc2ccc(F)cc2)c1. The minimum atomic E-state index is -0.799. The lowest BCUT2D eigenvalue weighted by Crippen LogP contribution is -2.30. The van der Waals surface area contributed by atoms with Gasteiger partial charge in [-0.2, -0.15) is 0 Å². The summed E-state index contributed by atoms with van der Waals surface area (Å²) < 4.78 is 23.3. The van der Waals surface area contributed by atoms with Gasteiger partial charge in [0.25, 0.3) is 5.91 Å². The first-order valence-corrected chi connectivity index (χ1v) is 7.50. The van der Waals surface area contributed by atoms with Gasteiger partial charge in [-0.25, -0.2) is 9.18 Å². The summed E-state index contributed by atoms with van der Waals surface area (Å²) in [6, 6.07) is 11.8. The molecule has 1 N–H and O–H groups in total. The highest BCUT2D eigenvalue weighted by Gasteiger charge is 2.16. The largest absolute Gasteiger partial charge is 0.481 e. The highest BCUT2D eigenvalue weighted by Crippen LogP contribution is 2.17. The van der Waals surface area contributed by atoms with Gasteiger partial charge in [0.1, 0.15) is 11.6 Å². The molecule has 0 bridgehead atoms. The number of hydrogen-bond acceptors (Lipinski definition) is 4. The Morgan fingerprint density at radius 2 is 1.88 bits per heavy atom. The maximum absolute atomic E-state index is 12.9. The van der Waals surface area contributed by atoms with Crippen LogP contribution >= 0.6 is 0 Å². The van der Waals surface area contributed by atoms with Crippen LogP contribution in [-0.4, -0.2) is 24.6 Å². The van der Waals surface area contributed by atoms with E-state index >= 15 is 0 Å². The topological polar surface area (TPSA) is 64.6 Å². The van der Waals surface area contributed by atoms with Crippen LogP contribution in [0.25, 0.3) is 0 Å². The predicted octanol–water partition coefficient (Wildman–Crippen LogP) is 3.41. The van der Waals surface area contributed by atoms with Crippen molar-refractivity contribution in [1.82, 2.24) is 0 Å². The van der Waals surface area contributed by atoms with E-state index in [0.717, 1.165) is 0 Å². The van der Waals surface area contributed by atoms with Gasteiger partial charge < -0.3 is 14.8 Å². The van der Waals surface area contributed by atoms with Gasteiger partial charge in [-0.15, -0.1) is 0 Å².